The van der Waals surface area contributed by atoms with Gasteiger partial charge in [0.1, 0.15) is 0 Å². The number of hydrogen-bond donors (Lipinski definition) is 1. The molecule has 1 N–H and O–H groups in total. The summed E-state index contributed by atoms with van der Waals surface area (Å²) in [4.78, 5) is 11.9. The third kappa shape index (κ3) is 2.87. The molecular weight excluding hydrogens is 210 g/mol. The molecule has 86 valence electrons. The van der Waals surface area contributed by atoms with Crippen LogP contribution in [0.3, 0.4) is 0 Å². The van der Waals surface area contributed by atoms with Gasteiger partial charge < -0.3 is 5.32 Å². The maximum atomic E-state index is 11.9. The second-order valence-corrected chi connectivity index (χ2v) is 5.46. The van der Waals surface area contributed by atoms with Gasteiger partial charge in [0.25, 0.3) is 0 Å². The highest BCUT2D eigenvalue weighted by Gasteiger charge is 2.29. The van der Waals surface area contributed by atoms with Gasteiger partial charge in [-0.05, 0) is 32.1 Å². The predicted molar refractivity (Wildman–Crippen MR) is 62.0 cm³/mol. The largest absolute Gasteiger partial charge is 0.352 e. The lowest BCUT2D eigenvalue weighted by atomic mass is 9.88. The number of halogens is 1. The molecule has 0 aromatic rings. The van der Waals surface area contributed by atoms with Crippen LogP contribution in [0.25, 0.3) is 0 Å². The SMILES string of the molecule is O=C(NC1CCCC1Cl)C1CCCCC1. The van der Waals surface area contributed by atoms with Crippen LogP contribution in [0.15, 0.2) is 0 Å². The lowest BCUT2D eigenvalue weighted by Gasteiger charge is -2.24. The molecule has 2 saturated carbocycles. The van der Waals surface area contributed by atoms with Gasteiger partial charge in [-0.15, -0.1) is 11.6 Å². The molecule has 2 nitrogen and oxygen atoms in total. The van der Waals surface area contributed by atoms with Crippen LogP contribution in [-0.4, -0.2) is 17.3 Å². The summed E-state index contributed by atoms with van der Waals surface area (Å²) >= 11 is 6.15. The summed E-state index contributed by atoms with van der Waals surface area (Å²) in [5.41, 5.74) is 0. The van der Waals surface area contributed by atoms with Crippen LogP contribution in [0.1, 0.15) is 51.4 Å². The van der Waals surface area contributed by atoms with Crippen molar-refractivity contribution >= 4 is 17.5 Å². The Morgan fingerprint density at radius 1 is 1.00 bits per heavy atom. The fraction of sp³-hybridized carbons (Fsp3) is 0.917. The Balaban J connectivity index is 1.80. The van der Waals surface area contributed by atoms with Crippen molar-refractivity contribution in [2.45, 2.75) is 62.8 Å². The van der Waals surface area contributed by atoms with Gasteiger partial charge in [0.05, 0.1) is 5.38 Å². The molecular formula is C12H20ClNO. The highest BCUT2D eigenvalue weighted by atomic mass is 35.5. The van der Waals surface area contributed by atoms with Gasteiger partial charge in [-0.2, -0.15) is 0 Å². The van der Waals surface area contributed by atoms with Crippen LogP contribution in [0.2, 0.25) is 0 Å². The molecule has 0 spiro atoms. The maximum Gasteiger partial charge on any atom is 0.223 e. The van der Waals surface area contributed by atoms with E-state index in [0.717, 1.165) is 32.1 Å². The molecule has 0 radical (unpaired) electrons. The zero-order valence-electron chi connectivity index (χ0n) is 9.18. The van der Waals surface area contributed by atoms with Crippen LogP contribution >= 0.6 is 11.6 Å². The fourth-order valence-electron chi connectivity index (χ4n) is 2.74. The third-order valence-corrected chi connectivity index (χ3v) is 4.26. The summed E-state index contributed by atoms with van der Waals surface area (Å²) in [5, 5.41) is 3.29. The van der Waals surface area contributed by atoms with Crippen molar-refractivity contribution in [2.24, 2.45) is 5.92 Å². The number of alkyl halides is 1. The zero-order chi connectivity index (χ0) is 10.7. The second-order valence-electron chi connectivity index (χ2n) is 4.90. The molecule has 2 rings (SSSR count). The average Bonchev–Trinajstić information content (AvgIpc) is 2.66. The zero-order valence-corrected chi connectivity index (χ0v) is 9.93. The molecule has 0 aromatic heterocycles. The summed E-state index contributed by atoms with van der Waals surface area (Å²) in [6.45, 7) is 0. The summed E-state index contributed by atoms with van der Waals surface area (Å²) < 4.78 is 0. The van der Waals surface area contributed by atoms with E-state index in [0.29, 0.717) is 0 Å². The van der Waals surface area contributed by atoms with Gasteiger partial charge in [0, 0.05) is 12.0 Å². The van der Waals surface area contributed by atoms with E-state index in [1.165, 1.54) is 19.3 Å². The lowest BCUT2D eigenvalue weighted by Crippen LogP contribution is -2.41. The van der Waals surface area contributed by atoms with E-state index in [1.54, 1.807) is 0 Å². The highest BCUT2D eigenvalue weighted by Crippen LogP contribution is 2.27. The Morgan fingerprint density at radius 2 is 1.73 bits per heavy atom. The molecule has 0 aromatic carbocycles. The Kier molecular flexibility index (Phi) is 3.90. The van der Waals surface area contributed by atoms with Gasteiger partial charge in [0.15, 0.2) is 0 Å². The maximum absolute atomic E-state index is 11.9. The molecule has 0 heterocycles. The molecule has 2 atom stereocenters. The normalized spacial score (nSPS) is 32.9. The van der Waals surface area contributed by atoms with Crippen LogP contribution in [0.4, 0.5) is 0 Å². The van der Waals surface area contributed by atoms with Gasteiger partial charge in [-0.3, -0.25) is 4.79 Å². The summed E-state index contributed by atoms with van der Waals surface area (Å²) in [5.74, 6) is 0.524. The quantitative estimate of drug-likeness (QED) is 0.725. The fourth-order valence-corrected chi connectivity index (χ4v) is 3.09. The minimum atomic E-state index is 0.164. The molecule has 15 heavy (non-hydrogen) atoms. The summed E-state index contributed by atoms with van der Waals surface area (Å²) in [7, 11) is 0. The molecule has 3 heteroatoms. The molecule has 0 bridgehead atoms. The standard InChI is InChI=1S/C12H20ClNO/c13-10-7-4-8-11(10)14-12(15)9-5-2-1-3-6-9/h9-11H,1-8H2,(H,14,15). The van der Waals surface area contributed by atoms with E-state index in [-0.39, 0.29) is 23.2 Å². The van der Waals surface area contributed by atoms with Crippen LogP contribution in [0, 0.1) is 5.92 Å². The number of amides is 1. The smallest absolute Gasteiger partial charge is 0.223 e. The van der Waals surface area contributed by atoms with Gasteiger partial charge in [0.2, 0.25) is 5.91 Å². The second kappa shape index (κ2) is 5.20. The molecule has 0 saturated heterocycles. The number of nitrogens with one attached hydrogen (secondary N) is 1. The monoisotopic (exact) mass is 229 g/mol. The van der Waals surface area contributed by atoms with Gasteiger partial charge in [-0.25, -0.2) is 0 Å². The van der Waals surface area contributed by atoms with E-state index < -0.39 is 0 Å². The Morgan fingerprint density at radius 3 is 2.33 bits per heavy atom. The molecule has 0 aliphatic heterocycles. The van der Waals surface area contributed by atoms with Crippen molar-refractivity contribution in [1.82, 2.24) is 5.32 Å². The Hall–Kier alpha value is -0.240. The van der Waals surface area contributed by atoms with Crippen molar-refractivity contribution < 1.29 is 4.79 Å². The predicted octanol–water partition coefficient (Wildman–Crippen LogP) is 2.84. The van der Waals surface area contributed by atoms with Crippen molar-refractivity contribution in [3.8, 4) is 0 Å². The minimum absolute atomic E-state index is 0.164. The third-order valence-electron chi connectivity index (χ3n) is 3.74. The first-order valence-corrected chi connectivity index (χ1v) is 6.65. The van der Waals surface area contributed by atoms with Crippen LogP contribution in [0.5, 0.6) is 0 Å². The molecule has 2 aliphatic rings. The molecule has 2 unspecified atom stereocenters. The van der Waals surface area contributed by atoms with Crippen LogP contribution in [-0.2, 0) is 4.79 Å². The lowest BCUT2D eigenvalue weighted by molar-refractivity contribution is -0.126. The van der Waals surface area contributed by atoms with Crippen molar-refractivity contribution in [2.75, 3.05) is 0 Å². The van der Waals surface area contributed by atoms with E-state index in [2.05, 4.69) is 5.32 Å². The average molecular weight is 230 g/mol. The first-order chi connectivity index (χ1) is 7.27. The van der Waals surface area contributed by atoms with E-state index in [1.807, 2.05) is 0 Å². The Bertz CT molecular complexity index is 226. The topological polar surface area (TPSA) is 29.1 Å². The molecule has 1 amide bonds. The van der Waals surface area contributed by atoms with Crippen molar-refractivity contribution in [1.29, 1.82) is 0 Å². The number of hydrogen-bond acceptors (Lipinski definition) is 1. The summed E-state index contributed by atoms with van der Waals surface area (Å²) in [6, 6.07) is 0.237. The number of rotatable bonds is 2. The van der Waals surface area contributed by atoms with E-state index >= 15 is 0 Å². The molecule has 2 aliphatic carbocycles. The highest BCUT2D eigenvalue weighted by molar-refractivity contribution is 6.21. The number of carbonyl (C=O) groups is 1. The first kappa shape index (κ1) is 11.3. The number of carbonyl (C=O) groups excluding carboxylic acids is 1. The van der Waals surface area contributed by atoms with E-state index in [9.17, 15) is 4.79 Å². The Labute approximate surface area is 96.8 Å². The van der Waals surface area contributed by atoms with Crippen molar-refractivity contribution in [3.05, 3.63) is 0 Å². The summed E-state index contributed by atoms with van der Waals surface area (Å²) in [6.07, 6.45) is 9.15. The van der Waals surface area contributed by atoms with Crippen molar-refractivity contribution in [3.63, 3.8) is 0 Å². The minimum Gasteiger partial charge on any atom is -0.352 e. The van der Waals surface area contributed by atoms with E-state index in [4.69, 9.17) is 11.6 Å². The molecule has 2 fully saturated rings. The van der Waals surface area contributed by atoms with Crippen LogP contribution < -0.4 is 5.32 Å². The first-order valence-electron chi connectivity index (χ1n) is 6.22. The van der Waals surface area contributed by atoms with Gasteiger partial charge >= 0.3 is 0 Å². The van der Waals surface area contributed by atoms with Gasteiger partial charge in [-0.1, -0.05) is 19.3 Å².